The van der Waals surface area contributed by atoms with E-state index in [-0.39, 0.29) is 17.7 Å². The van der Waals surface area contributed by atoms with Crippen molar-refractivity contribution in [2.45, 2.75) is 32.2 Å². The van der Waals surface area contributed by atoms with Gasteiger partial charge in [-0.15, -0.1) is 0 Å². The van der Waals surface area contributed by atoms with Crippen molar-refractivity contribution in [3.63, 3.8) is 0 Å². The van der Waals surface area contributed by atoms with E-state index in [0.717, 1.165) is 44.5 Å². The highest BCUT2D eigenvalue weighted by atomic mass is 16.2. The molecule has 0 aromatic heterocycles. The van der Waals surface area contributed by atoms with E-state index in [1.807, 2.05) is 35.2 Å². The lowest BCUT2D eigenvalue weighted by molar-refractivity contribution is -0.135. The first-order valence-corrected chi connectivity index (χ1v) is 10.9. The molecule has 7 heteroatoms. The number of carbonyl (C=O) groups excluding carboxylic acids is 3. The molecule has 2 saturated heterocycles. The summed E-state index contributed by atoms with van der Waals surface area (Å²) in [6, 6.07) is 8.97. The lowest BCUT2D eigenvalue weighted by atomic mass is 10.2. The van der Waals surface area contributed by atoms with Crippen LogP contribution in [0.3, 0.4) is 0 Å². The van der Waals surface area contributed by atoms with Crippen molar-refractivity contribution in [1.29, 1.82) is 0 Å². The third-order valence-electron chi connectivity index (χ3n) is 5.67. The highest BCUT2D eigenvalue weighted by Gasteiger charge is 2.26. The SMILES string of the molecule is CC(NC(=O)/C=C/c1ccccc1)C(=O)N1CCCN(CC(=O)N2CCCC2)CC1. The second-order valence-electron chi connectivity index (χ2n) is 8.02. The predicted molar refractivity (Wildman–Crippen MR) is 117 cm³/mol. The van der Waals surface area contributed by atoms with E-state index in [4.69, 9.17) is 0 Å². The third-order valence-corrected chi connectivity index (χ3v) is 5.67. The van der Waals surface area contributed by atoms with Crippen LogP contribution in [0.4, 0.5) is 0 Å². The molecule has 1 aromatic carbocycles. The van der Waals surface area contributed by atoms with Crippen LogP contribution >= 0.6 is 0 Å². The Morgan fingerprint density at radius 1 is 0.933 bits per heavy atom. The zero-order valence-corrected chi connectivity index (χ0v) is 17.8. The summed E-state index contributed by atoms with van der Waals surface area (Å²) in [4.78, 5) is 43.2. The maximum absolute atomic E-state index is 12.8. The van der Waals surface area contributed by atoms with E-state index in [1.54, 1.807) is 17.9 Å². The molecule has 7 nitrogen and oxygen atoms in total. The fraction of sp³-hybridized carbons (Fsp3) is 0.522. The van der Waals surface area contributed by atoms with Crippen LogP contribution in [0.25, 0.3) is 6.08 Å². The second-order valence-corrected chi connectivity index (χ2v) is 8.02. The molecule has 30 heavy (non-hydrogen) atoms. The Hall–Kier alpha value is -2.67. The Bertz CT molecular complexity index is 759. The van der Waals surface area contributed by atoms with Gasteiger partial charge < -0.3 is 15.1 Å². The van der Waals surface area contributed by atoms with Gasteiger partial charge in [-0.25, -0.2) is 0 Å². The van der Waals surface area contributed by atoms with Gasteiger partial charge in [0, 0.05) is 45.3 Å². The van der Waals surface area contributed by atoms with Crippen molar-refractivity contribution < 1.29 is 14.4 Å². The largest absolute Gasteiger partial charge is 0.342 e. The number of benzene rings is 1. The van der Waals surface area contributed by atoms with Gasteiger partial charge in [0.15, 0.2) is 0 Å². The Labute approximate surface area is 178 Å². The van der Waals surface area contributed by atoms with Crippen LogP contribution in [0.1, 0.15) is 31.7 Å². The number of nitrogens with zero attached hydrogens (tertiary/aromatic N) is 3. The molecule has 0 aliphatic carbocycles. The monoisotopic (exact) mass is 412 g/mol. The molecule has 1 aromatic rings. The summed E-state index contributed by atoms with van der Waals surface area (Å²) in [5, 5.41) is 2.76. The fourth-order valence-electron chi connectivity index (χ4n) is 3.94. The smallest absolute Gasteiger partial charge is 0.244 e. The normalized spacial score (nSPS) is 19.0. The van der Waals surface area contributed by atoms with Crippen LogP contribution in [-0.4, -0.2) is 84.3 Å². The zero-order chi connectivity index (χ0) is 21.3. The molecule has 2 aliphatic rings. The van der Waals surface area contributed by atoms with E-state index in [2.05, 4.69) is 10.2 Å². The number of hydrogen-bond acceptors (Lipinski definition) is 4. The molecule has 3 rings (SSSR count). The number of likely N-dealkylation sites (tertiary alicyclic amines) is 1. The van der Waals surface area contributed by atoms with E-state index in [0.29, 0.717) is 26.2 Å². The van der Waals surface area contributed by atoms with Crippen molar-refractivity contribution in [2.24, 2.45) is 0 Å². The Morgan fingerprint density at radius 3 is 2.37 bits per heavy atom. The lowest BCUT2D eigenvalue weighted by Gasteiger charge is -2.25. The summed E-state index contributed by atoms with van der Waals surface area (Å²) < 4.78 is 0. The number of rotatable bonds is 6. The van der Waals surface area contributed by atoms with Gasteiger partial charge in [0.25, 0.3) is 0 Å². The molecule has 0 spiro atoms. The van der Waals surface area contributed by atoms with Gasteiger partial charge in [0.2, 0.25) is 17.7 Å². The number of carbonyl (C=O) groups is 3. The van der Waals surface area contributed by atoms with Crippen LogP contribution < -0.4 is 5.32 Å². The maximum Gasteiger partial charge on any atom is 0.244 e. The van der Waals surface area contributed by atoms with Gasteiger partial charge in [-0.05, 0) is 37.8 Å². The fourth-order valence-corrected chi connectivity index (χ4v) is 3.94. The van der Waals surface area contributed by atoms with Gasteiger partial charge in [0.05, 0.1) is 6.54 Å². The van der Waals surface area contributed by atoms with Crippen LogP contribution in [0.2, 0.25) is 0 Å². The molecule has 1 unspecified atom stereocenters. The van der Waals surface area contributed by atoms with Crippen LogP contribution in [0.15, 0.2) is 36.4 Å². The molecule has 2 aliphatic heterocycles. The minimum absolute atomic E-state index is 0.0795. The van der Waals surface area contributed by atoms with Crippen molar-refractivity contribution in [3.05, 3.63) is 42.0 Å². The van der Waals surface area contributed by atoms with E-state index < -0.39 is 6.04 Å². The highest BCUT2D eigenvalue weighted by molar-refractivity contribution is 5.95. The molecule has 2 heterocycles. The van der Waals surface area contributed by atoms with E-state index in [9.17, 15) is 14.4 Å². The predicted octanol–water partition coefficient (Wildman–Crippen LogP) is 1.36. The Morgan fingerprint density at radius 2 is 1.63 bits per heavy atom. The molecule has 1 atom stereocenters. The molecule has 0 radical (unpaired) electrons. The number of hydrogen-bond donors (Lipinski definition) is 1. The maximum atomic E-state index is 12.8. The van der Waals surface area contributed by atoms with E-state index >= 15 is 0 Å². The van der Waals surface area contributed by atoms with Crippen LogP contribution in [0.5, 0.6) is 0 Å². The van der Waals surface area contributed by atoms with Crippen LogP contribution in [-0.2, 0) is 14.4 Å². The van der Waals surface area contributed by atoms with Crippen molar-refractivity contribution >= 4 is 23.8 Å². The first-order valence-electron chi connectivity index (χ1n) is 10.9. The summed E-state index contributed by atoms with van der Waals surface area (Å²) in [6.45, 7) is 6.60. The summed E-state index contributed by atoms with van der Waals surface area (Å²) in [7, 11) is 0. The summed E-state index contributed by atoms with van der Waals surface area (Å²) >= 11 is 0. The molecule has 0 bridgehead atoms. The minimum atomic E-state index is -0.587. The summed E-state index contributed by atoms with van der Waals surface area (Å²) in [5.41, 5.74) is 0.933. The summed E-state index contributed by atoms with van der Waals surface area (Å²) in [6.07, 6.45) is 6.20. The topological polar surface area (TPSA) is 73.0 Å². The number of nitrogens with one attached hydrogen (secondary N) is 1. The average molecular weight is 413 g/mol. The molecule has 2 fully saturated rings. The Balaban J connectivity index is 1.44. The summed E-state index contributed by atoms with van der Waals surface area (Å²) in [5.74, 6) is -0.172. The highest BCUT2D eigenvalue weighted by Crippen LogP contribution is 2.10. The Kier molecular flexibility index (Phi) is 8.02. The number of amides is 3. The van der Waals surface area contributed by atoms with Crippen LogP contribution in [0, 0.1) is 0 Å². The first-order chi connectivity index (χ1) is 14.5. The third kappa shape index (κ3) is 6.42. The van der Waals surface area contributed by atoms with Crippen molar-refractivity contribution in [3.8, 4) is 0 Å². The second kappa shape index (κ2) is 10.9. The first kappa shape index (κ1) is 22.0. The standard InChI is InChI=1S/C23H32N4O3/c1-19(24-21(28)11-10-20-8-3-2-4-9-20)23(30)27-15-7-12-25(16-17-27)18-22(29)26-13-5-6-14-26/h2-4,8-11,19H,5-7,12-18H2,1H3,(H,24,28)/b11-10+. The molecule has 0 saturated carbocycles. The van der Waals surface area contributed by atoms with Gasteiger partial charge in [-0.3, -0.25) is 19.3 Å². The molecule has 162 valence electrons. The van der Waals surface area contributed by atoms with Gasteiger partial charge in [0.1, 0.15) is 6.04 Å². The minimum Gasteiger partial charge on any atom is -0.342 e. The quantitative estimate of drug-likeness (QED) is 0.716. The van der Waals surface area contributed by atoms with Gasteiger partial charge in [-0.1, -0.05) is 30.3 Å². The lowest BCUT2D eigenvalue weighted by Crippen LogP contribution is -2.48. The molecule has 3 amide bonds. The average Bonchev–Trinajstić information content (AvgIpc) is 3.20. The molecular formula is C23H32N4O3. The van der Waals surface area contributed by atoms with Gasteiger partial charge in [-0.2, -0.15) is 0 Å². The molecule has 1 N–H and O–H groups in total. The van der Waals surface area contributed by atoms with E-state index in [1.165, 1.54) is 6.08 Å². The van der Waals surface area contributed by atoms with Crippen molar-refractivity contribution in [2.75, 3.05) is 45.8 Å². The molecular weight excluding hydrogens is 380 g/mol. The zero-order valence-electron chi connectivity index (χ0n) is 17.8. The van der Waals surface area contributed by atoms with Crippen molar-refractivity contribution in [1.82, 2.24) is 20.0 Å². The van der Waals surface area contributed by atoms with Gasteiger partial charge >= 0.3 is 0 Å².